The van der Waals surface area contributed by atoms with Gasteiger partial charge < -0.3 is 34.4 Å². The van der Waals surface area contributed by atoms with E-state index in [0.29, 0.717) is 7.25 Å². The second-order valence-electron chi connectivity index (χ2n) is 17.5. The van der Waals surface area contributed by atoms with Crippen LogP contribution in [0.3, 0.4) is 0 Å². The summed E-state index contributed by atoms with van der Waals surface area (Å²) >= 11 is -0.894. The first-order chi connectivity index (χ1) is 24.0. The number of hydrogen-bond donors (Lipinski definition) is 2. The molecule has 3 aliphatic carbocycles. The Morgan fingerprint density at radius 1 is 0.566 bits per heavy atom. The Bertz CT molecular complexity index is 1790. The SMILES string of the molecule is CC1=Cc2c(-c3ccc(C(C)(C)C)cc3)cccc2[CH]1[Zr+2][CH]1C(C)=Cc2c(-c3ccc(C(C)(C)C)cc3)cccc21.C[Si](O)(O)C1CCCCC1.[Cl-].[Cl-]. The van der Waals surface area contributed by atoms with E-state index >= 15 is 0 Å². The van der Waals surface area contributed by atoms with Crippen LogP contribution in [-0.2, 0) is 34.1 Å². The Labute approximate surface area is 345 Å². The van der Waals surface area contributed by atoms with Crippen molar-refractivity contribution >= 4 is 20.7 Å². The maximum absolute atomic E-state index is 9.34. The van der Waals surface area contributed by atoms with Gasteiger partial charge in [-0.1, -0.05) is 19.3 Å². The molecule has 2 unspecified atom stereocenters. The van der Waals surface area contributed by atoms with Crippen molar-refractivity contribution < 1.29 is 57.6 Å². The van der Waals surface area contributed by atoms with Gasteiger partial charge in [0.05, 0.1) is 0 Å². The number of benzene rings is 4. The molecule has 4 aromatic carbocycles. The summed E-state index contributed by atoms with van der Waals surface area (Å²) in [6, 6.07) is 32.5. The standard InChI is InChI=1S/2C20H21.C7H16O2Si.2ClH.Zr/c2*1-14-12-16-6-5-7-18(19(16)13-14)15-8-10-17(11-9-15)20(2,3)4;1-10(8,9)7-5-3-2-4-6-7;;;/h2*5-13H,1-4H3;7-9H,2-6H2,1H3;2*1H;/q;;;;;+2/p-2. The molecule has 0 spiro atoms. The smallest absolute Gasteiger partial charge is 0.332 e. The Balaban J connectivity index is 0.000000455. The van der Waals surface area contributed by atoms with Crippen LogP contribution in [0.2, 0.25) is 12.1 Å². The summed E-state index contributed by atoms with van der Waals surface area (Å²) < 4.78 is 1.22. The summed E-state index contributed by atoms with van der Waals surface area (Å²) in [5.74, 6) is 0. The molecule has 1 saturated carbocycles. The maximum Gasteiger partial charge on any atom is 0.332 e. The molecule has 6 heteroatoms. The number of rotatable bonds is 5. The van der Waals surface area contributed by atoms with E-state index in [-0.39, 0.29) is 41.2 Å². The fourth-order valence-electron chi connectivity index (χ4n) is 8.17. The second-order valence-corrected chi connectivity index (χ2v) is 24.2. The van der Waals surface area contributed by atoms with Crippen molar-refractivity contribution in [2.24, 2.45) is 0 Å². The molecule has 1 fully saturated rings. The molecule has 4 aromatic rings. The summed E-state index contributed by atoms with van der Waals surface area (Å²) in [6.45, 7) is 20.1. The molecule has 2 nitrogen and oxygen atoms in total. The molecule has 0 heterocycles. The van der Waals surface area contributed by atoms with Gasteiger partial charge >= 0.3 is 269 Å². The van der Waals surface area contributed by atoms with Crippen LogP contribution < -0.4 is 24.8 Å². The Kier molecular flexibility index (Phi) is 14.3. The third kappa shape index (κ3) is 9.86. The van der Waals surface area contributed by atoms with E-state index in [2.05, 4.69) is 152 Å². The van der Waals surface area contributed by atoms with Crippen LogP contribution in [0.15, 0.2) is 96.1 Å². The van der Waals surface area contributed by atoms with Crippen LogP contribution in [0, 0.1) is 0 Å². The van der Waals surface area contributed by atoms with Gasteiger partial charge in [0.1, 0.15) is 0 Å². The summed E-state index contributed by atoms with van der Waals surface area (Å²) in [5.41, 5.74) is 17.9. The van der Waals surface area contributed by atoms with Gasteiger partial charge in [0, 0.05) is 5.54 Å². The molecule has 0 saturated heterocycles. The van der Waals surface area contributed by atoms with Crippen LogP contribution in [0.5, 0.6) is 0 Å². The van der Waals surface area contributed by atoms with Crippen molar-refractivity contribution in [1.82, 2.24) is 0 Å². The Morgan fingerprint density at radius 2 is 0.943 bits per heavy atom. The first-order valence-corrected chi connectivity index (χ1v) is 24.4. The number of allylic oxidation sites excluding steroid dienone is 2. The fourth-order valence-corrected chi connectivity index (χ4v) is 14.3. The summed E-state index contributed by atoms with van der Waals surface area (Å²) in [6.07, 6.45) is 10.7. The second kappa shape index (κ2) is 17.4. The fraction of sp³-hybridized carbons (Fsp3) is 0.404. The van der Waals surface area contributed by atoms with Crippen molar-refractivity contribution in [2.75, 3.05) is 0 Å². The molecule has 2 atom stereocenters. The average Bonchev–Trinajstić information content (AvgIpc) is 3.59. The zero-order chi connectivity index (χ0) is 36.7. The first-order valence-electron chi connectivity index (χ1n) is 19.1. The monoisotopic (exact) mass is 842 g/mol. The molecular weight excluding hydrogens is 787 g/mol. The van der Waals surface area contributed by atoms with E-state index in [1.165, 1.54) is 63.8 Å². The molecular formula is C47H58Cl2O2SiZr. The van der Waals surface area contributed by atoms with Crippen molar-refractivity contribution in [3.8, 4) is 22.3 Å². The normalized spacial score (nSPS) is 18.2. The van der Waals surface area contributed by atoms with Gasteiger partial charge in [-0.05, 0) is 19.4 Å². The van der Waals surface area contributed by atoms with Gasteiger partial charge in [0.15, 0.2) is 0 Å². The summed E-state index contributed by atoms with van der Waals surface area (Å²) in [7, 11) is -2.76. The van der Waals surface area contributed by atoms with Crippen molar-refractivity contribution in [1.29, 1.82) is 0 Å². The van der Waals surface area contributed by atoms with E-state index in [0.717, 1.165) is 12.8 Å². The third-order valence-corrected chi connectivity index (χ3v) is 18.9. The number of fused-ring (bicyclic) bond motifs is 2. The molecule has 0 aromatic heterocycles. The van der Waals surface area contributed by atoms with Crippen molar-refractivity contribution in [3.05, 3.63) is 129 Å². The molecule has 3 aliphatic rings. The summed E-state index contributed by atoms with van der Waals surface area (Å²) in [4.78, 5) is 18.7. The van der Waals surface area contributed by atoms with E-state index in [1.807, 2.05) is 0 Å². The van der Waals surface area contributed by atoms with Crippen molar-refractivity contribution in [2.45, 2.75) is 118 Å². The van der Waals surface area contributed by atoms with Gasteiger partial charge in [-0.3, -0.25) is 0 Å². The van der Waals surface area contributed by atoms with Gasteiger partial charge in [-0.2, -0.15) is 0 Å². The number of hydrogen-bond acceptors (Lipinski definition) is 2. The van der Waals surface area contributed by atoms with Gasteiger partial charge in [0.25, 0.3) is 0 Å². The number of halogens is 2. The molecule has 0 aliphatic heterocycles. The molecule has 280 valence electrons. The van der Waals surface area contributed by atoms with E-state index < -0.39 is 31.8 Å². The third-order valence-electron chi connectivity index (χ3n) is 11.4. The average molecular weight is 845 g/mol. The molecule has 0 radical (unpaired) electrons. The van der Waals surface area contributed by atoms with Gasteiger partial charge in [0.2, 0.25) is 0 Å². The van der Waals surface area contributed by atoms with Crippen molar-refractivity contribution in [3.63, 3.8) is 0 Å². The predicted molar refractivity (Wildman–Crippen MR) is 217 cm³/mol. The minimum Gasteiger partial charge on any atom is -1.00 e. The van der Waals surface area contributed by atoms with Crippen LogP contribution in [0.4, 0.5) is 0 Å². The minimum absolute atomic E-state index is 0. The zero-order valence-corrected chi connectivity index (χ0v) is 38.1. The van der Waals surface area contributed by atoms with Crippen LogP contribution >= 0.6 is 0 Å². The predicted octanol–water partition coefficient (Wildman–Crippen LogP) is 6.70. The van der Waals surface area contributed by atoms with Gasteiger partial charge in [-0.25, -0.2) is 0 Å². The van der Waals surface area contributed by atoms with Crippen LogP contribution in [0.1, 0.15) is 128 Å². The molecule has 53 heavy (non-hydrogen) atoms. The Hall–Kier alpha value is -2.04. The zero-order valence-electron chi connectivity index (χ0n) is 33.2. The minimum atomic E-state index is -2.76. The van der Waals surface area contributed by atoms with Crippen LogP contribution in [-0.4, -0.2) is 18.2 Å². The van der Waals surface area contributed by atoms with E-state index in [1.54, 1.807) is 28.8 Å². The van der Waals surface area contributed by atoms with Gasteiger partial charge in [-0.15, -0.1) is 0 Å². The van der Waals surface area contributed by atoms with E-state index in [4.69, 9.17) is 0 Å². The molecule has 0 amide bonds. The first kappa shape index (κ1) is 43.7. The Morgan fingerprint density at radius 3 is 1.26 bits per heavy atom. The van der Waals surface area contributed by atoms with E-state index in [9.17, 15) is 9.59 Å². The summed E-state index contributed by atoms with van der Waals surface area (Å²) in [5, 5.41) is 0. The maximum atomic E-state index is 9.34. The molecule has 0 bridgehead atoms. The largest absolute Gasteiger partial charge is 1.00 e. The molecule has 2 N–H and O–H groups in total. The topological polar surface area (TPSA) is 40.5 Å². The quantitative estimate of drug-likeness (QED) is 0.220. The molecule has 7 rings (SSSR count). The van der Waals surface area contributed by atoms with Crippen LogP contribution in [0.25, 0.3) is 34.4 Å².